The normalized spacial score (nSPS) is 6.57. The Bertz CT molecular complexity index is 147. The van der Waals surface area contributed by atoms with Crippen molar-refractivity contribution in [2.45, 2.75) is 0 Å². The second-order valence-electron chi connectivity index (χ2n) is 0.637. The number of nitrogens with two attached hydrogens (primary N) is 2. The second kappa shape index (κ2) is 4.69. The predicted octanol–water partition coefficient (Wildman–Crippen LogP) is -2.51. The molecule has 0 heterocycles. The van der Waals surface area contributed by atoms with Gasteiger partial charge >= 0.3 is 0 Å². The molecule has 0 aliphatic carbocycles. The molecule has 7 heavy (non-hydrogen) atoms. The standard InChI is InChI=1S/CH4N2O2S.Pb/c2-1(3)6(4)5;/h2-3H2;. The zero-order valence-electron chi connectivity index (χ0n) is 3.38. The minimum atomic E-state index is -2.40. The molecule has 0 aromatic heterocycles. The van der Waals surface area contributed by atoms with E-state index in [0.29, 0.717) is 0 Å². The summed E-state index contributed by atoms with van der Waals surface area (Å²) in [6, 6.07) is 0. The van der Waals surface area contributed by atoms with Gasteiger partial charge < -0.3 is 0 Å². The number of hydrogen-bond donors (Lipinski definition) is 2. The van der Waals surface area contributed by atoms with Crippen LogP contribution in [0, 0.1) is 0 Å². The first-order chi connectivity index (χ1) is 2.64. The molecule has 0 aliphatic heterocycles. The van der Waals surface area contributed by atoms with E-state index in [2.05, 4.69) is 11.5 Å². The van der Waals surface area contributed by atoms with Crippen molar-refractivity contribution in [3.63, 3.8) is 0 Å². The van der Waals surface area contributed by atoms with Crippen LogP contribution in [0.15, 0.2) is 0 Å². The van der Waals surface area contributed by atoms with Gasteiger partial charge in [-0.1, -0.05) is 0 Å². The average molecular weight is 315 g/mol. The summed E-state index contributed by atoms with van der Waals surface area (Å²) < 4.78 is 18.8. The molecule has 0 fully saturated rings. The third kappa shape index (κ3) is 6.53. The molecule has 0 aromatic rings. The molecule has 0 saturated carbocycles. The summed E-state index contributed by atoms with van der Waals surface area (Å²) >= 11 is 0. The van der Waals surface area contributed by atoms with Crippen LogP contribution in [0.2, 0.25) is 0 Å². The molecule has 4 radical (unpaired) electrons. The minimum Gasteiger partial charge on any atom is -0.280 e. The Labute approximate surface area is 62.6 Å². The molecular weight excluding hydrogens is 311 g/mol. The minimum absolute atomic E-state index is 0. The summed E-state index contributed by atoms with van der Waals surface area (Å²) in [6.07, 6.45) is 0. The Hall–Kier alpha value is 0.532. The van der Waals surface area contributed by atoms with Gasteiger partial charge in [-0.15, -0.1) is 0 Å². The molecule has 40 valence electrons. The Morgan fingerprint density at radius 3 is 1.43 bits per heavy atom. The van der Waals surface area contributed by atoms with Crippen molar-refractivity contribution < 1.29 is 8.42 Å². The fourth-order valence-corrected chi connectivity index (χ4v) is 0. The van der Waals surface area contributed by atoms with Crippen LogP contribution in [0.1, 0.15) is 0 Å². The molecule has 0 bridgehead atoms. The van der Waals surface area contributed by atoms with Gasteiger partial charge in [0.15, 0.2) is 5.11 Å². The summed E-state index contributed by atoms with van der Waals surface area (Å²) in [5.74, 6) is 0. The summed E-state index contributed by atoms with van der Waals surface area (Å²) in [4.78, 5) is 0. The molecule has 0 spiro atoms. The zero-order chi connectivity index (χ0) is 5.15. The van der Waals surface area contributed by atoms with Crippen molar-refractivity contribution in [2.75, 3.05) is 0 Å². The van der Waals surface area contributed by atoms with E-state index in [1.54, 1.807) is 0 Å². The molecule has 0 aliphatic rings. The van der Waals surface area contributed by atoms with Crippen LogP contribution < -0.4 is 11.5 Å². The van der Waals surface area contributed by atoms with Gasteiger partial charge in [0.2, 0.25) is 10.3 Å². The van der Waals surface area contributed by atoms with E-state index in [9.17, 15) is 8.42 Å². The van der Waals surface area contributed by atoms with Gasteiger partial charge in [-0.05, 0) is 0 Å². The van der Waals surface area contributed by atoms with Crippen LogP contribution in [0.5, 0.6) is 0 Å². The van der Waals surface area contributed by atoms with Crippen LogP contribution in [0.3, 0.4) is 0 Å². The molecule has 4 nitrogen and oxygen atoms in total. The molecular formula is CH4N2O2PbS. The van der Waals surface area contributed by atoms with Crippen molar-refractivity contribution in [3.05, 3.63) is 0 Å². The molecule has 0 amide bonds. The first-order valence-corrected chi connectivity index (χ1v) is 2.19. The van der Waals surface area contributed by atoms with Crippen LogP contribution in [-0.4, -0.2) is 40.8 Å². The van der Waals surface area contributed by atoms with E-state index in [-0.39, 0.29) is 27.3 Å². The van der Waals surface area contributed by atoms with Gasteiger partial charge in [0.25, 0.3) is 0 Å². The third-order valence-electron chi connectivity index (χ3n) is 0.192. The van der Waals surface area contributed by atoms with E-state index < -0.39 is 15.4 Å². The molecule has 0 rings (SSSR count). The SMILES string of the molecule is NC(N)=S(=O)=O.[Pb]. The van der Waals surface area contributed by atoms with Crippen LogP contribution in [0.25, 0.3) is 0 Å². The number of hydrogen-bond acceptors (Lipinski definition) is 2. The first-order valence-electron chi connectivity index (χ1n) is 1.11. The largest absolute Gasteiger partial charge is 0.280 e. The average Bonchev–Trinajstić information content (AvgIpc) is 1.36. The number of rotatable bonds is 0. The Morgan fingerprint density at radius 2 is 1.43 bits per heavy atom. The van der Waals surface area contributed by atoms with E-state index >= 15 is 0 Å². The Balaban J connectivity index is 0. The van der Waals surface area contributed by atoms with Gasteiger partial charge in [-0.2, -0.15) is 8.42 Å². The predicted molar refractivity (Wildman–Crippen MR) is 28.1 cm³/mol. The van der Waals surface area contributed by atoms with E-state index in [1.165, 1.54) is 0 Å². The van der Waals surface area contributed by atoms with Crippen LogP contribution >= 0.6 is 0 Å². The fourth-order valence-electron chi connectivity index (χ4n) is 0. The van der Waals surface area contributed by atoms with Gasteiger partial charge in [0.05, 0.1) is 0 Å². The maximum Gasteiger partial charge on any atom is 0.243 e. The molecule has 6 heteroatoms. The summed E-state index contributed by atoms with van der Waals surface area (Å²) in [7, 11) is -2.40. The summed E-state index contributed by atoms with van der Waals surface area (Å²) in [5.41, 5.74) is 9.03. The molecule has 4 N–H and O–H groups in total. The van der Waals surface area contributed by atoms with Gasteiger partial charge in [0.1, 0.15) is 0 Å². The van der Waals surface area contributed by atoms with Crippen molar-refractivity contribution in [1.82, 2.24) is 0 Å². The molecule has 0 saturated heterocycles. The van der Waals surface area contributed by atoms with Crippen molar-refractivity contribution >= 4 is 42.7 Å². The fraction of sp³-hybridized carbons (Fsp3) is 0. The van der Waals surface area contributed by atoms with Crippen LogP contribution in [-0.2, 0) is 10.3 Å². The second-order valence-corrected chi connectivity index (χ2v) is 1.58. The maximum absolute atomic E-state index is 9.41. The van der Waals surface area contributed by atoms with E-state index in [0.717, 1.165) is 0 Å². The van der Waals surface area contributed by atoms with Crippen molar-refractivity contribution in [2.24, 2.45) is 11.5 Å². The van der Waals surface area contributed by atoms with E-state index in [4.69, 9.17) is 0 Å². The van der Waals surface area contributed by atoms with Crippen molar-refractivity contribution in [3.8, 4) is 0 Å². The molecule has 0 unspecified atom stereocenters. The third-order valence-corrected chi connectivity index (χ3v) is 0.577. The van der Waals surface area contributed by atoms with Gasteiger partial charge in [-0.25, -0.2) is 0 Å². The summed E-state index contributed by atoms with van der Waals surface area (Å²) in [6.45, 7) is 0. The van der Waals surface area contributed by atoms with Crippen LogP contribution in [0.4, 0.5) is 0 Å². The summed E-state index contributed by atoms with van der Waals surface area (Å²) in [5, 5.41) is -0.574. The smallest absolute Gasteiger partial charge is 0.243 e. The molecule has 0 aromatic carbocycles. The van der Waals surface area contributed by atoms with Crippen molar-refractivity contribution in [1.29, 1.82) is 0 Å². The van der Waals surface area contributed by atoms with E-state index in [1.807, 2.05) is 0 Å². The quantitative estimate of drug-likeness (QED) is 0.382. The Morgan fingerprint density at radius 1 is 1.29 bits per heavy atom. The van der Waals surface area contributed by atoms with Gasteiger partial charge in [0, 0.05) is 27.3 Å². The maximum atomic E-state index is 9.41. The first kappa shape index (κ1) is 10.5. The zero-order valence-corrected chi connectivity index (χ0v) is 8.08. The topological polar surface area (TPSA) is 86.2 Å². The van der Waals surface area contributed by atoms with Gasteiger partial charge in [-0.3, -0.25) is 11.5 Å². The Kier molecular flexibility index (Phi) is 7.03. The monoisotopic (exact) mass is 316 g/mol. The molecule has 0 atom stereocenters.